The molecular weight excluding hydrogens is 343 g/mol. The molecule has 1 aliphatic rings. The number of aryl methyl sites for hydroxylation is 2. The maximum Gasteiger partial charge on any atom is 0.259 e. The monoisotopic (exact) mass is 364 g/mol. The Morgan fingerprint density at radius 2 is 1.67 bits per heavy atom. The summed E-state index contributed by atoms with van der Waals surface area (Å²) in [5.74, 6) is -0.169. The number of nitrogens with zero attached hydrogens (tertiary/aromatic N) is 3. The molecule has 0 unspecified atom stereocenters. The van der Waals surface area contributed by atoms with E-state index in [1.54, 1.807) is 0 Å². The molecule has 1 N–H and O–H groups in total. The summed E-state index contributed by atoms with van der Waals surface area (Å²) in [6.07, 6.45) is 0. The second-order valence-corrected chi connectivity index (χ2v) is 7.21. The molecule has 0 saturated carbocycles. The van der Waals surface area contributed by atoms with Gasteiger partial charge in [-0.3, -0.25) is 4.90 Å². The minimum Gasteiger partial charge on any atom is -0.449 e. The highest BCUT2D eigenvalue weighted by Gasteiger charge is 2.39. The van der Waals surface area contributed by atoms with Crippen LogP contribution in [0.2, 0.25) is 0 Å². The number of ether oxygens (including phenoxy) is 1. The second kappa shape index (κ2) is 6.23. The number of halogens is 1. The average molecular weight is 364 g/mol. The molecule has 5 nitrogen and oxygen atoms in total. The van der Waals surface area contributed by atoms with E-state index in [2.05, 4.69) is 21.4 Å². The first-order valence-electron chi connectivity index (χ1n) is 8.81. The largest absolute Gasteiger partial charge is 0.449 e. The van der Waals surface area contributed by atoms with Crippen LogP contribution in [0, 0.1) is 19.7 Å². The smallest absolute Gasteiger partial charge is 0.259 e. The molecule has 27 heavy (non-hydrogen) atoms. The highest BCUT2D eigenvalue weighted by atomic mass is 19.1. The number of benzene rings is 2. The summed E-state index contributed by atoms with van der Waals surface area (Å²) in [6, 6.07) is 15.5. The van der Waals surface area contributed by atoms with E-state index in [9.17, 15) is 4.39 Å². The predicted octanol–water partition coefficient (Wildman–Crippen LogP) is 5.24. The van der Waals surface area contributed by atoms with Gasteiger partial charge in [-0.25, -0.2) is 0 Å². The maximum absolute atomic E-state index is 14.8. The fraction of sp³-hybridized carbons (Fsp3) is 0.238. The fourth-order valence-corrected chi connectivity index (χ4v) is 3.35. The molecule has 2 bridgehead atoms. The lowest BCUT2D eigenvalue weighted by Gasteiger charge is -2.41. The molecule has 0 atom stereocenters. The van der Waals surface area contributed by atoms with Crippen molar-refractivity contribution in [3.63, 3.8) is 0 Å². The number of hydrogen-bond acceptors (Lipinski definition) is 5. The van der Waals surface area contributed by atoms with E-state index in [0.717, 1.165) is 22.5 Å². The molecule has 0 saturated heterocycles. The van der Waals surface area contributed by atoms with Gasteiger partial charge in [-0.15, -0.1) is 0 Å². The zero-order valence-electron chi connectivity index (χ0n) is 15.7. The van der Waals surface area contributed by atoms with E-state index in [1.165, 1.54) is 0 Å². The zero-order chi connectivity index (χ0) is 19.2. The first-order chi connectivity index (χ1) is 12.8. The molecule has 0 fully saturated rings. The number of fused-ring (bicyclic) bond motifs is 2. The first kappa shape index (κ1) is 17.3. The van der Waals surface area contributed by atoms with Crippen LogP contribution in [0.1, 0.15) is 25.0 Å². The molecule has 138 valence electrons. The lowest BCUT2D eigenvalue weighted by Crippen LogP contribution is -2.49. The average Bonchev–Trinajstić information content (AvgIpc) is 2.58. The van der Waals surface area contributed by atoms with Crippen molar-refractivity contribution in [1.82, 2.24) is 9.97 Å². The van der Waals surface area contributed by atoms with E-state index >= 15 is 0 Å². The van der Waals surface area contributed by atoms with Gasteiger partial charge < -0.3 is 10.1 Å². The summed E-state index contributed by atoms with van der Waals surface area (Å²) >= 11 is 0. The van der Waals surface area contributed by atoms with Crippen LogP contribution < -0.4 is 15.0 Å². The molecule has 0 spiro atoms. The third kappa shape index (κ3) is 3.18. The topological polar surface area (TPSA) is 50.3 Å². The third-order valence-corrected chi connectivity index (χ3v) is 4.40. The number of hydrogen-bond donors (Lipinski definition) is 1. The van der Waals surface area contributed by atoms with Gasteiger partial charge in [0.1, 0.15) is 0 Å². The van der Waals surface area contributed by atoms with E-state index in [-0.39, 0.29) is 11.7 Å². The van der Waals surface area contributed by atoms with E-state index in [4.69, 9.17) is 4.74 Å². The van der Waals surface area contributed by atoms with Crippen molar-refractivity contribution in [2.24, 2.45) is 0 Å². The second-order valence-electron chi connectivity index (χ2n) is 7.21. The van der Waals surface area contributed by atoms with Crippen molar-refractivity contribution in [3.05, 3.63) is 65.5 Å². The number of anilines is 4. The molecule has 6 heteroatoms. The molecule has 2 aromatic carbocycles. The van der Waals surface area contributed by atoms with Crippen LogP contribution >= 0.6 is 0 Å². The minimum atomic E-state index is -0.828. The van der Waals surface area contributed by atoms with Gasteiger partial charge in [0, 0.05) is 11.4 Å². The van der Waals surface area contributed by atoms with Gasteiger partial charge in [-0.1, -0.05) is 24.3 Å². The molecule has 0 amide bonds. The van der Waals surface area contributed by atoms with Crippen molar-refractivity contribution in [1.29, 1.82) is 0 Å². The Morgan fingerprint density at radius 3 is 2.33 bits per heavy atom. The van der Waals surface area contributed by atoms with Crippen molar-refractivity contribution < 1.29 is 9.13 Å². The molecule has 2 heterocycles. The maximum atomic E-state index is 14.8. The Hall–Kier alpha value is -3.15. The van der Waals surface area contributed by atoms with Gasteiger partial charge in [-0.05, 0) is 63.1 Å². The van der Waals surface area contributed by atoms with Crippen LogP contribution in [0.15, 0.2) is 48.5 Å². The van der Waals surface area contributed by atoms with Gasteiger partial charge in [0.05, 0.1) is 0 Å². The van der Waals surface area contributed by atoms with E-state index in [1.807, 2.05) is 75.1 Å². The summed E-state index contributed by atoms with van der Waals surface area (Å²) in [5, 5.41) is 3.01. The minimum absolute atomic E-state index is 0.0518. The Bertz CT molecular complexity index is 984. The van der Waals surface area contributed by atoms with Crippen molar-refractivity contribution in [2.45, 2.75) is 33.4 Å². The quantitative estimate of drug-likeness (QED) is 0.688. The van der Waals surface area contributed by atoms with Gasteiger partial charge in [0.25, 0.3) is 5.88 Å². The number of nitrogens with one attached hydrogen (secondary N) is 1. The Kier molecular flexibility index (Phi) is 3.98. The highest BCUT2D eigenvalue weighted by molar-refractivity contribution is 5.66. The van der Waals surface area contributed by atoms with Crippen LogP contribution in [0.25, 0.3) is 0 Å². The molecule has 0 radical (unpaired) electrons. The lowest BCUT2D eigenvalue weighted by atomic mass is 10.1. The van der Waals surface area contributed by atoms with Crippen LogP contribution in [0.5, 0.6) is 5.88 Å². The SMILES string of the molecule is Cc1cc(C)cc(N2c3nc(Nc4ccccc4)c(F)c(n3)OC2(C)C)c1. The normalized spacial score (nSPS) is 14.6. The standard InChI is InChI=1S/C21H21FN4O/c1-13-10-14(2)12-16(11-13)26-20-24-18(23-15-8-6-5-7-9-15)17(22)19(25-20)27-21(26,3)4/h5-12H,1-4H3,(H,23,24,25). The summed E-state index contributed by atoms with van der Waals surface area (Å²) < 4.78 is 20.7. The third-order valence-electron chi connectivity index (χ3n) is 4.40. The van der Waals surface area contributed by atoms with Gasteiger partial charge in [0.2, 0.25) is 11.8 Å². The number of rotatable bonds is 3. The summed E-state index contributed by atoms with van der Waals surface area (Å²) in [7, 11) is 0. The van der Waals surface area contributed by atoms with E-state index < -0.39 is 11.5 Å². The van der Waals surface area contributed by atoms with Crippen molar-refractivity contribution in [3.8, 4) is 5.88 Å². The highest BCUT2D eigenvalue weighted by Crippen LogP contribution is 2.40. The zero-order valence-corrected chi connectivity index (χ0v) is 15.7. The summed E-state index contributed by atoms with van der Waals surface area (Å²) in [5.41, 5.74) is 3.06. The van der Waals surface area contributed by atoms with Crippen molar-refractivity contribution >= 4 is 23.1 Å². The van der Waals surface area contributed by atoms with Crippen molar-refractivity contribution in [2.75, 3.05) is 10.2 Å². The molecule has 1 aromatic heterocycles. The fourth-order valence-electron chi connectivity index (χ4n) is 3.35. The molecule has 3 aromatic rings. The summed E-state index contributed by atoms with van der Waals surface area (Å²) in [6.45, 7) is 7.82. The predicted molar refractivity (Wildman–Crippen MR) is 104 cm³/mol. The Morgan fingerprint density at radius 1 is 1.00 bits per heavy atom. The molecular formula is C21H21FN4O. The van der Waals surface area contributed by atoms with Gasteiger partial charge in [0.15, 0.2) is 11.5 Å². The number of para-hydroxylation sites is 1. The molecule has 1 aliphatic heterocycles. The van der Waals surface area contributed by atoms with Crippen LogP contribution in [0.3, 0.4) is 0 Å². The lowest BCUT2D eigenvalue weighted by molar-refractivity contribution is 0.0908. The van der Waals surface area contributed by atoms with Crippen LogP contribution in [-0.4, -0.2) is 15.7 Å². The van der Waals surface area contributed by atoms with E-state index in [0.29, 0.717) is 5.95 Å². The molecule has 0 aliphatic carbocycles. The molecule has 4 rings (SSSR count). The van der Waals surface area contributed by atoms with Gasteiger partial charge >= 0.3 is 0 Å². The number of aromatic nitrogens is 2. The van der Waals surface area contributed by atoms with Gasteiger partial charge in [-0.2, -0.15) is 14.4 Å². The Labute approximate surface area is 157 Å². The first-order valence-corrected chi connectivity index (χ1v) is 8.81. The van der Waals surface area contributed by atoms with Crippen LogP contribution in [-0.2, 0) is 0 Å². The summed E-state index contributed by atoms with van der Waals surface area (Å²) in [4.78, 5) is 10.6. The Balaban J connectivity index is 1.82. The van der Waals surface area contributed by atoms with Crippen LogP contribution in [0.4, 0.5) is 27.5 Å².